The highest BCUT2D eigenvalue weighted by atomic mass is 32.1. The van der Waals surface area contributed by atoms with E-state index >= 15 is 0 Å². The molecule has 0 aliphatic carbocycles. The van der Waals surface area contributed by atoms with Crippen LogP contribution in [0, 0.1) is 0 Å². The quantitative estimate of drug-likeness (QED) is 0.839. The van der Waals surface area contributed by atoms with Crippen LogP contribution >= 0.6 is 11.3 Å². The maximum atomic E-state index is 11.5. The van der Waals surface area contributed by atoms with Gasteiger partial charge in [-0.05, 0) is 6.07 Å². The summed E-state index contributed by atoms with van der Waals surface area (Å²) < 4.78 is 5.46. The van der Waals surface area contributed by atoms with Gasteiger partial charge in [0.15, 0.2) is 0 Å². The maximum absolute atomic E-state index is 11.5. The molecule has 19 heavy (non-hydrogen) atoms. The number of carbonyl (C=O) groups is 2. The fraction of sp³-hybridized carbons (Fsp3) is 0.0833. The van der Waals surface area contributed by atoms with Gasteiger partial charge in [0.25, 0.3) is 0 Å². The minimum Gasteiger partial charge on any atom is -0.477 e. The number of aromatic nitrogens is 1. The minimum atomic E-state index is -1.11. The Morgan fingerprint density at radius 2 is 2.37 bits per heavy atom. The molecule has 2 N–H and O–H groups in total. The molecule has 0 aliphatic heterocycles. The Morgan fingerprint density at radius 1 is 1.58 bits per heavy atom. The zero-order valence-corrected chi connectivity index (χ0v) is 10.6. The number of fused-ring (bicyclic) bond motifs is 1. The van der Waals surface area contributed by atoms with E-state index in [2.05, 4.69) is 16.9 Å². The fourth-order valence-electron chi connectivity index (χ4n) is 1.50. The summed E-state index contributed by atoms with van der Waals surface area (Å²) in [5, 5.41) is 12.2. The lowest BCUT2D eigenvalue weighted by atomic mass is 10.2. The molecular formula is C12H10N2O4S. The van der Waals surface area contributed by atoms with Crippen molar-refractivity contribution in [2.45, 2.75) is 0 Å². The molecule has 0 saturated carbocycles. The molecule has 6 nitrogen and oxygen atoms in total. The number of amides is 1. The number of carboxylic acid groups (broad SMARTS) is 1. The number of nitrogens with one attached hydrogen (secondary N) is 1. The van der Waals surface area contributed by atoms with E-state index in [1.54, 1.807) is 12.3 Å². The first-order valence-corrected chi connectivity index (χ1v) is 6.09. The number of nitrogens with zero attached hydrogens (tertiary/aromatic N) is 1. The number of rotatable bonds is 4. The average Bonchev–Trinajstić information content (AvgIpc) is 2.76. The lowest BCUT2D eigenvalue weighted by molar-refractivity contribution is 0.0703. The van der Waals surface area contributed by atoms with Crippen molar-refractivity contribution in [1.82, 2.24) is 4.98 Å². The monoisotopic (exact) mass is 278 g/mol. The van der Waals surface area contributed by atoms with Gasteiger partial charge in [-0.3, -0.25) is 10.3 Å². The Bertz CT molecular complexity index is 650. The van der Waals surface area contributed by atoms with Gasteiger partial charge in [0, 0.05) is 17.8 Å². The Kier molecular flexibility index (Phi) is 3.76. The smallest absolute Gasteiger partial charge is 0.412 e. The predicted molar refractivity (Wildman–Crippen MR) is 71.7 cm³/mol. The van der Waals surface area contributed by atoms with Crippen LogP contribution in [0.2, 0.25) is 0 Å². The first kappa shape index (κ1) is 13.0. The second-order valence-electron chi connectivity index (χ2n) is 3.50. The van der Waals surface area contributed by atoms with Crippen molar-refractivity contribution in [3.05, 3.63) is 36.0 Å². The van der Waals surface area contributed by atoms with E-state index in [0.29, 0.717) is 10.1 Å². The van der Waals surface area contributed by atoms with Crippen LogP contribution in [-0.4, -0.2) is 28.8 Å². The van der Waals surface area contributed by atoms with E-state index in [1.807, 2.05) is 0 Å². The summed E-state index contributed by atoms with van der Waals surface area (Å²) in [6.45, 7) is 3.47. The summed E-state index contributed by atoms with van der Waals surface area (Å²) in [5.74, 6) is -1.11. The summed E-state index contributed by atoms with van der Waals surface area (Å²) in [7, 11) is 0. The van der Waals surface area contributed by atoms with Crippen molar-refractivity contribution >= 4 is 39.2 Å². The summed E-state index contributed by atoms with van der Waals surface area (Å²) in [5.41, 5.74) is 0.226. The Labute approximate surface area is 112 Å². The van der Waals surface area contributed by atoms with Crippen molar-refractivity contribution in [3.63, 3.8) is 0 Å². The lowest BCUT2D eigenvalue weighted by Crippen LogP contribution is -2.15. The van der Waals surface area contributed by atoms with Crippen LogP contribution in [0.25, 0.3) is 10.1 Å². The summed E-state index contributed by atoms with van der Waals surface area (Å²) in [6, 6.07) is 1.64. The highest BCUT2D eigenvalue weighted by Crippen LogP contribution is 2.35. The molecule has 0 radical (unpaired) electrons. The molecule has 0 bridgehead atoms. The van der Waals surface area contributed by atoms with E-state index in [0.717, 1.165) is 11.3 Å². The zero-order valence-electron chi connectivity index (χ0n) is 9.75. The van der Waals surface area contributed by atoms with Gasteiger partial charge in [0.2, 0.25) is 0 Å². The van der Waals surface area contributed by atoms with E-state index in [9.17, 15) is 9.59 Å². The van der Waals surface area contributed by atoms with E-state index < -0.39 is 12.1 Å². The summed E-state index contributed by atoms with van der Waals surface area (Å²) in [6.07, 6.45) is 3.78. The number of thiophene rings is 1. The molecule has 0 atom stereocenters. The third-order valence-corrected chi connectivity index (χ3v) is 3.37. The topological polar surface area (TPSA) is 88.5 Å². The van der Waals surface area contributed by atoms with Gasteiger partial charge < -0.3 is 9.84 Å². The first-order valence-electron chi connectivity index (χ1n) is 5.28. The molecule has 2 rings (SSSR count). The van der Waals surface area contributed by atoms with Crippen LogP contribution in [0.3, 0.4) is 0 Å². The maximum Gasteiger partial charge on any atom is 0.412 e. The largest absolute Gasteiger partial charge is 0.477 e. The number of ether oxygens (including phenoxy) is 1. The van der Waals surface area contributed by atoms with Crippen LogP contribution in [0.4, 0.5) is 10.5 Å². The molecule has 2 aromatic heterocycles. The van der Waals surface area contributed by atoms with Crippen LogP contribution in [-0.2, 0) is 4.74 Å². The normalized spacial score (nSPS) is 10.1. The molecule has 1 amide bonds. The minimum absolute atomic E-state index is 0.0403. The lowest BCUT2D eigenvalue weighted by Gasteiger charge is -2.05. The Balaban J connectivity index is 2.39. The van der Waals surface area contributed by atoms with Crippen LogP contribution in [0.5, 0.6) is 0 Å². The predicted octanol–water partition coefficient (Wildman–Crippen LogP) is 2.73. The molecular weight excluding hydrogens is 268 g/mol. The zero-order chi connectivity index (χ0) is 13.8. The average molecular weight is 278 g/mol. The third-order valence-electron chi connectivity index (χ3n) is 2.25. The number of hydrogen-bond donors (Lipinski definition) is 2. The highest BCUT2D eigenvalue weighted by Gasteiger charge is 2.19. The molecule has 2 aromatic rings. The second kappa shape index (κ2) is 5.49. The molecule has 0 aromatic carbocycles. The molecule has 98 valence electrons. The number of hydrogen-bond acceptors (Lipinski definition) is 5. The Morgan fingerprint density at radius 3 is 3.05 bits per heavy atom. The van der Waals surface area contributed by atoms with Gasteiger partial charge in [-0.1, -0.05) is 12.7 Å². The third kappa shape index (κ3) is 2.71. The number of carboxylic acids is 1. The van der Waals surface area contributed by atoms with E-state index in [-0.39, 0.29) is 17.2 Å². The van der Waals surface area contributed by atoms with Crippen molar-refractivity contribution < 1.29 is 19.4 Å². The molecule has 0 unspecified atom stereocenters. The number of anilines is 1. The number of carbonyl (C=O) groups excluding carboxylic acids is 1. The number of pyridine rings is 1. The van der Waals surface area contributed by atoms with Crippen LogP contribution < -0.4 is 5.32 Å². The van der Waals surface area contributed by atoms with Crippen molar-refractivity contribution in [2.75, 3.05) is 11.9 Å². The second-order valence-corrected chi connectivity index (χ2v) is 4.55. The SMILES string of the molecule is C=CCOC(=O)Nc1c(C(=O)O)sc2cnccc12. The van der Waals surface area contributed by atoms with Gasteiger partial charge in [-0.15, -0.1) is 11.3 Å². The van der Waals surface area contributed by atoms with E-state index in [1.165, 1.54) is 12.3 Å². The summed E-state index contributed by atoms with van der Waals surface area (Å²) >= 11 is 1.05. The Hall–Kier alpha value is -2.41. The van der Waals surface area contributed by atoms with Gasteiger partial charge in [-0.25, -0.2) is 9.59 Å². The van der Waals surface area contributed by atoms with E-state index in [4.69, 9.17) is 9.84 Å². The molecule has 2 heterocycles. The van der Waals surface area contributed by atoms with Gasteiger partial charge in [0.1, 0.15) is 11.5 Å². The standard InChI is InChI=1S/C12H10N2O4S/c1-2-5-18-12(17)14-9-7-3-4-13-6-8(7)19-10(9)11(15)16/h2-4,6H,1,5H2,(H,14,17)(H,15,16). The molecule has 0 saturated heterocycles. The highest BCUT2D eigenvalue weighted by molar-refractivity contribution is 7.21. The summed E-state index contributed by atoms with van der Waals surface area (Å²) in [4.78, 5) is 26.6. The fourth-order valence-corrected chi connectivity index (χ4v) is 2.46. The molecule has 0 spiro atoms. The van der Waals surface area contributed by atoms with Crippen molar-refractivity contribution in [3.8, 4) is 0 Å². The molecule has 7 heteroatoms. The van der Waals surface area contributed by atoms with Gasteiger partial charge in [0.05, 0.1) is 10.4 Å². The molecule has 0 aliphatic rings. The van der Waals surface area contributed by atoms with Gasteiger partial charge >= 0.3 is 12.1 Å². The first-order chi connectivity index (χ1) is 9.13. The van der Waals surface area contributed by atoms with Crippen molar-refractivity contribution in [2.24, 2.45) is 0 Å². The number of aromatic carboxylic acids is 1. The molecule has 0 fully saturated rings. The van der Waals surface area contributed by atoms with Crippen LogP contribution in [0.1, 0.15) is 9.67 Å². The van der Waals surface area contributed by atoms with Gasteiger partial charge in [-0.2, -0.15) is 0 Å². The van der Waals surface area contributed by atoms with Crippen LogP contribution in [0.15, 0.2) is 31.1 Å². The van der Waals surface area contributed by atoms with Crippen molar-refractivity contribution in [1.29, 1.82) is 0 Å².